The number of aromatic amines is 1. The van der Waals surface area contributed by atoms with Crippen LogP contribution in [0.5, 0.6) is 5.88 Å². The Kier molecular flexibility index (Phi) is 5.75. The van der Waals surface area contributed by atoms with E-state index in [-0.39, 0.29) is 6.10 Å². The highest BCUT2D eigenvalue weighted by Crippen LogP contribution is 2.33. The number of aromatic nitrogens is 6. The van der Waals surface area contributed by atoms with Gasteiger partial charge >= 0.3 is 0 Å². The second-order valence-electron chi connectivity index (χ2n) is 9.29. The zero-order valence-electron chi connectivity index (χ0n) is 20.3. The van der Waals surface area contributed by atoms with E-state index in [0.717, 1.165) is 57.1 Å². The van der Waals surface area contributed by atoms with Gasteiger partial charge in [0.05, 0.1) is 41.3 Å². The Morgan fingerprint density at radius 2 is 2.09 bits per heavy atom. The molecule has 0 spiro atoms. The molecule has 3 aromatic heterocycles. The van der Waals surface area contributed by atoms with Crippen LogP contribution in [-0.4, -0.2) is 65.6 Å². The van der Waals surface area contributed by atoms with Gasteiger partial charge in [-0.3, -0.25) is 14.7 Å². The summed E-state index contributed by atoms with van der Waals surface area (Å²) in [7, 11) is 3.97. The first kappa shape index (κ1) is 22.4. The molecule has 1 aromatic carbocycles. The van der Waals surface area contributed by atoms with Crippen molar-refractivity contribution in [1.82, 2.24) is 34.7 Å². The summed E-state index contributed by atoms with van der Waals surface area (Å²) in [5, 5.41) is 27.9. The minimum Gasteiger partial charge on any atom is -0.473 e. The Morgan fingerprint density at radius 3 is 2.88 bits per heavy atom. The third-order valence-corrected chi connectivity index (χ3v) is 6.26. The quantitative estimate of drug-likeness (QED) is 0.476. The summed E-state index contributed by atoms with van der Waals surface area (Å²) in [5.74, 6) is 0.744. The highest BCUT2D eigenvalue weighted by Gasteiger charge is 2.20. The molecule has 0 fully saturated rings. The molecule has 0 unspecified atom stereocenters. The molecule has 0 aliphatic carbocycles. The molecule has 0 saturated heterocycles. The van der Waals surface area contributed by atoms with E-state index in [4.69, 9.17) is 9.84 Å². The number of aryl methyl sites for hydroxylation is 1. The number of hydrogen-bond donors (Lipinski definition) is 2. The standard InChI is InChI=1S/C25H31N7O2/c1-15(33)12-32-17(3)19-7-9-23-20-10-18(6-8-22(20)27-28-23)21-11-26-31(5)25(21)34-16(2)13-30(4)14-24(19)29-32/h6-11,15-16,33H,12-14H2,1-5H3,(H,27,28)/b9-7+/t15-,16-/m0/s1. The lowest BCUT2D eigenvalue weighted by atomic mass is 10.0. The number of nitrogens with one attached hydrogen (secondary N) is 1. The molecule has 0 radical (unpaired) electrons. The SMILES string of the molecule is Cc1c2c(nn1C[C@H](C)O)CN(C)C[C@H](C)Oc1c(cnn1C)-c1ccc3n[nH]c(c3c1)/C=C/2. The van der Waals surface area contributed by atoms with Crippen molar-refractivity contribution >= 4 is 23.1 Å². The third kappa shape index (κ3) is 4.12. The van der Waals surface area contributed by atoms with E-state index in [9.17, 15) is 5.11 Å². The van der Waals surface area contributed by atoms with Crippen molar-refractivity contribution in [2.45, 2.75) is 46.1 Å². The third-order valence-electron chi connectivity index (χ3n) is 6.26. The lowest BCUT2D eigenvalue weighted by Gasteiger charge is -2.22. The Morgan fingerprint density at radius 1 is 1.26 bits per heavy atom. The van der Waals surface area contributed by atoms with E-state index in [1.807, 2.05) is 30.9 Å². The molecule has 4 aromatic rings. The van der Waals surface area contributed by atoms with Crippen LogP contribution in [0.1, 0.15) is 36.5 Å². The molecule has 1 aliphatic heterocycles. The van der Waals surface area contributed by atoms with Crippen molar-refractivity contribution in [3.8, 4) is 17.0 Å². The second kappa shape index (κ2) is 8.73. The van der Waals surface area contributed by atoms with Gasteiger partial charge in [-0.05, 0) is 57.7 Å². The van der Waals surface area contributed by atoms with Crippen LogP contribution < -0.4 is 4.74 Å². The molecular weight excluding hydrogens is 430 g/mol. The first-order chi connectivity index (χ1) is 16.3. The summed E-state index contributed by atoms with van der Waals surface area (Å²) in [6.07, 6.45) is 5.47. The largest absolute Gasteiger partial charge is 0.473 e. The minimum atomic E-state index is -0.477. The number of aliphatic hydroxyl groups is 1. The normalized spacial score (nSPS) is 18.7. The maximum Gasteiger partial charge on any atom is 0.219 e. The van der Waals surface area contributed by atoms with Crippen molar-refractivity contribution < 1.29 is 9.84 Å². The number of aliphatic hydroxyl groups excluding tert-OH is 1. The molecule has 0 saturated carbocycles. The fourth-order valence-electron chi connectivity index (χ4n) is 4.63. The Labute approximate surface area is 198 Å². The van der Waals surface area contributed by atoms with Gasteiger partial charge in [-0.2, -0.15) is 15.3 Å². The Balaban J connectivity index is 1.66. The first-order valence-corrected chi connectivity index (χ1v) is 11.6. The molecule has 2 N–H and O–H groups in total. The maximum absolute atomic E-state index is 9.95. The van der Waals surface area contributed by atoms with Crippen LogP contribution in [0.3, 0.4) is 0 Å². The number of nitrogens with zero attached hydrogens (tertiary/aromatic N) is 6. The summed E-state index contributed by atoms with van der Waals surface area (Å²) in [6.45, 7) is 7.73. The lowest BCUT2D eigenvalue weighted by molar-refractivity contribution is 0.147. The van der Waals surface area contributed by atoms with Crippen LogP contribution in [0.25, 0.3) is 34.2 Å². The smallest absolute Gasteiger partial charge is 0.219 e. The predicted molar refractivity (Wildman–Crippen MR) is 132 cm³/mol. The van der Waals surface area contributed by atoms with E-state index >= 15 is 0 Å². The van der Waals surface area contributed by atoms with Crippen LogP contribution in [0.2, 0.25) is 0 Å². The fourth-order valence-corrected chi connectivity index (χ4v) is 4.63. The number of benzene rings is 1. The maximum atomic E-state index is 9.95. The fraction of sp³-hybridized carbons (Fsp3) is 0.400. The predicted octanol–water partition coefficient (Wildman–Crippen LogP) is 3.23. The van der Waals surface area contributed by atoms with Crippen molar-refractivity contribution in [2.24, 2.45) is 7.05 Å². The summed E-state index contributed by atoms with van der Waals surface area (Å²) >= 11 is 0. The molecule has 4 heterocycles. The van der Waals surface area contributed by atoms with E-state index in [2.05, 4.69) is 58.5 Å². The van der Waals surface area contributed by atoms with Crippen molar-refractivity contribution in [2.75, 3.05) is 13.6 Å². The van der Waals surface area contributed by atoms with Crippen molar-refractivity contribution in [3.05, 3.63) is 47.0 Å². The van der Waals surface area contributed by atoms with Gasteiger partial charge in [-0.1, -0.05) is 6.07 Å². The average molecular weight is 462 g/mol. The van der Waals surface area contributed by atoms with Gasteiger partial charge in [0.25, 0.3) is 0 Å². The molecule has 2 atom stereocenters. The van der Waals surface area contributed by atoms with Crippen molar-refractivity contribution in [3.63, 3.8) is 0 Å². The summed E-state index contributed by atoms with van der Waals surface area (Å²) < 4.78 is 10.1. The summed E-state index contributed by atoms with van der Waals surface area (Å²) in [6, 6.07) is 6.20. The monoisotopic (exact) mass is 461 g/mol. The zero-order chi connectivity index (χ0) is 24.0. The minimum absolute atomic E-state index is 0.0582. The van der Waals surface area contributed by atoms with Crippen LogP contribution in [0.15, 0.2) is 24.4 Å². The molecule has 5 rings (SSSR count). The number of rotatable bonds is 2. The number of hydrogen-bond acceptors (Lipinski definition) is 6. The first-order valence-electron chi connectivity index (χ1n) is 11.6. The van der Waals surface area contributed by atoms with Gasteiger partial charge in [0.1, 0.15) is 6.10 Å². The van der Waals surface area contributed by atoms with Gasteiger partial charge < -0.3 is 9.84 Å². The number of likely N-dealkylation sites (N-methyl/N-ethyl adjacent to an activating group) is 1. The molecule has 9 heteroatoms. The molecule has 178 valence electrons. The van der Waals surface area contributed by atoms with Crippen LogP contribution >= 0.6 is 0 Å². The van der Waals surface area contributed by atoms with Crippen molar-refractivity contribution in [1.29, 1.82) is 0 Å². The number of ether oxygens (including phenoxy) is 1. The summed E-state index contributed by atoms with van der Waals surface area (Å²) in [4.78, 5) is 2.21. The molecular formula is C25H31N7O2. The van der Waals surface area contributed by atoms with Gasteiger partial charge in [0.2, 0.25) is 5.88 Å². The molecule has 34 heavy (non-hydrogen) atoms. The van der Waals surface area contributed by atoms with E-state index < -0.39 is 6.10 Å². The molecule has 9 nitrogen and oxygen atoms in total. The van der Waals surface area contributed by atoms with Gasteiger partial charge in [-0.15, -0.1) is 0 Å². The van der Waals surface area contributed by atoms with E-state index in [1.165, 1.54) is 0 Å². The highest BCUT2D eigenvalue weighted by atomic mass is 16.5. The number of H-pyrrole nitrogens is 1. The van der Waals surface area contributed by atoms with Gasteiger partial charge in [0.15, 0.2) is 0 Å². The second-order valence-corrected chi connectivity index (χ2v) is 9.29. The Bertz CT molecular complexity index is 1360. The molecule has 0 amide bonds. The van der Waals surface area contributed by atoms with Crippen LogP contribution in [-0.2, 0) is 20.1 Å². The van der Waals surface area contributed by atoms with Gasteiger partial charge in [-0.25, -0.2) is 4.68 Å². The Hall–Kier alpha value is -3.43. The highest BCUT2D eigenvalue weighted by molar-refractivity contribution is 5.93. The zero-order valence-corrected chi connectivity index (χ0v) is 20.3. The van der Waals surface area contributed by atoms with Crippen LogP contribution in [0.4, 0.5) is 0 Å². The molecule has 2 bridgehead atoms. The van der Waals surface area contributed by atoms with Gasteiger partial charge in [0, 0.05) is 36.8 Å². The summed E-state index contributed by atoms with van der Waals surface area (Å²) in [5.41, 5.74) is 6.86. The van der Waals surface area contributed by atoms with E-state index in [0.29, 0.717) is 13.1 Å². The van der Waals surface area contributed by atoms with Crippen LogP contribution in [0, 0.1) is 6.92 Å². The van der Waals surface area contributed by atoms with E-state index in [1.54, 1.807) is 11.6 Å². The topological polar surface area (TPSA) is 97.0 Å². The average Bonchev–Trinajstić information content (AvgIpc) is 3.42. The lowest BCUT2D eigenvalue weighted by Crippen LogP contribution is -2.31. The molecule has 1 aliphatic rings. The number of fused-ring (bicyclic) bond motifs is 4.